The van der Waals surface area contributed by atoms with Gasteiger partial charge < -0.3 is 15.0 Å². The molecule has 1 aromatic carbocycles. The van der Waals surface area contributed by atoms with E-state index < -0.39 is 0 Å². The van der Waals surface area contributed by atoms with Gasteiger partial charge in [0.05, 0.1) is 24.6 Å². The number of carbonyl (C=O) groups excluding carboxylic acids is 2. The standard InChI is InChI=1S/C17H23N3O3/c1-12(2)16-17(22)20(14-6-4-3-5-13(14)18-16)11-15(21)19-7-9-23-10-8-19/h3-6,12,16,18H,7-11H2,1-2H3. The van der Waals surface area contributed by atoms with Gasteiger partial charge in [-0.25, -0.2) is 0 Å². The third-order valence-corrected chi connectivity index (χ3v) is 4.36. The van der Waals surface area contributed by atoms with Crippen LogP contribution in [0.4, 0.5) is 11.4 Å². The highest BCUT2D eigenvalue weighted by atomic mass is 16.5. The average Bonchev–Trinajstić information content (AvgIpc) is 2.57. The molecule has 6 heteroatoms. The molecule has 1 atom stereocenters. The van der Waals surface area contributed by atoms with Crippen LogP contribution in [0.3, 0.4) is 0 Å². The van der Waals surface area contributed by atoms with Crippen molar-refractivity contribution in [3.8, 4) is 0 Å². The van der Waals surface area contributed by atoms with E-state index in [1.54, 1.807) is 9.80 Å². The number of para-hydroxylation sites is 2. The Morgan fingerprint density at radius 2 is 2.00 bits per heavy atom. The van der Waals surface area contributed by atoms with E-state index >= 15 is 0 Å². The molecule has 124 valence electrons. The monoisotopic (exact) mass is 317 g/mol. The lowest BCUT2D eigenvalue weighted by Gasteiger charge is -2.38. The van der Waals surface area contributed by atoms with E-state index in [9.17, 15) is 9.59 Å². The summed E-state index contributed by atoms with van der Waals surface area (Å²) in [5, 5.41) is 3.29. The van der Waals surface area contributed by atoms with Gasteiger partial charge in [-0.1, -0.05) is 26.0 Å². The van der Waals surface area contributed by atoms with Gasteiger partial charge in [0, 0.05) is 13.1 Å². The van der Waals surface area contributed by atoms with Crippen LogP contribution in [0.15, 0.2) is 24.3 Å². The molecule has 0 spiro atoms. The molecule has 0 radical (unpaired) electrons. The molecule has 2 aliphatic rings. The minimum atomic E-state index is -0.303. The predicted molar refractivity (Wildman–Crippen MR) is 88.4 cm³/mol. The Morgan fingerprint density at radius 1 is 1.30 bits per heavy atom. The summed E-state index contributed by atoms with van der Waals surface area (Å²) in [4.78, 5) is 28.8. The Morgan fingerprint density at radius 3 is 2.70 bits per heavy atom. The van der Waals surface area contributed by atoms with Crippen molar-refractivity contribution < 1.29 is 14.3 Å². The topological polar surface area (TPSA) is 61.9 Å². The zero-order valence-corrected chi connectivity index (χ0v) is 13.6. The van der Waals surface area contributed by atoms with Crippen molar-refractivity contribution in [2.24, 2.45) is 5.92 Å². The van der Waals surface area contributed by atoms with E-state index in [0.717, 1.165) is 11.4 Å². The number of fused-ring (bicyclic) bond motifs is 1. The number of hydrogen-bond donors (Lipinski definition) is 1. The summed E-state index contributed by atoms with van der Waals surface area (Å²) in [5.74, 6) is 0.0815. The fourth-order valence-corrected chi connectivity index (χ4v) is 3.01. The molecule has 0 aliphatic carbocycles. The zero-order valence-electron chi connectivity index (χ0n) is 13.6. The highest BCUT2D eigenvalue weighted by Gasteiger charge is 2.35. The number of ether oxygens (including phenoxy) is 1. The fraction of sp³-hybridized carbons (Fsp3) is 0.529. The predicted octanol–water partition coefficient (Wildman–Crippen LogP) is 1.33. The van der Waals surface area contributed by atoms with E-state index in [4.69, 9.17) is 4.74 Å². The van der Waals surface area contributed by atoms with Gasteiger partial charge in [-0.3, -0.25) is 14.5 Å². The van der Waals surface area contributed by atoms with Crippen LogP contribution in [-0.2, 0) is 14.3 Å². The van der Waals surface area contributed by atoms with E-state index in [1.807, 2.05) is 38.1 Å². The second-order valence-electron chi connectivity index (χ2n) is 6.30. The van der Waals surface area contributed by atoms with Crippen LogP contribution in [0.25, 0.3) is 0 Å². The van der Waals surface area contributed by atoms with Crippen molar-refractivity contribution in [1.82, 2.24) is 4.90 Å². The molecule has 1 aromatic rings. The lowest BCUT2D eigenvalue weighted by molar-refractivity contribution is -0.135. The van der Waals surface area contributed by atoms with Gasteiger partial charge in [0.15, 0.2) is 0 Å². The summed E-state index contributed by atoms with van der Waals surface area (Å²) in [6.45, 7) is 6.40. The molecule has 0 bridgehead atoms. The van der Waals surface area contributed by atoms with Crippen LogP contribution in [-0.4, -0.2) is 55.6 Å². The summed E-state index contributed by atoms with van der Waals surface area (Å²) < 4.78 is 5.28. The van der Waals surface area contributed by atoms with Gasteiger partial charge in [0.25, 0.3) is 0 Å². The summed E-state index contributed by atoms with van der Waals surface area (Å²) >= 11 is 0. The van der Waals surface area contributed by atoms with Crippen molar-refractivity contribution in [2.45, 2.75) is 19.9 Å². The molecule has 2 aliphatic heterocycles. The van der Waals surface area contributed by atoms with Crippen molar-refractivity contribution in [3.05, 3.63) is 24.3 Å². The molecule has 1 N–H and O–H groups in total. The summed E-state index contributed by atoms with van der Waals surface area (Å²) in [6.07, 6.45) is 0. The molecule has 1 fully saturated rings. The van der Waals surface area contributed by atoms with Gasteiger partial charge in [-0.2, -0.15) is 0 Å². The fourth-order valence-electron chi connectivity index (χ4n) is 3.01. The molecular formula is C17H23N3O3. The molecule has 23 heavy (non-hydrogen) atoms. The number of nitrogens with zero attached hydrogens (tertiary/aromatic N) is 2. The number of benzene rings is 1. The van der Waals surface area contributed by atoms with Crippen molar-refractivity contribution >= 4 is 23.2 Å². The molecular weight excluding hydrogens is 294 g/mol. The van der Waals surface area contributed by atoms with Crippen molar-refractivity contribution in [2.75, 3.05) is 43.1 Å². The highest BCUT2D eigenvalue weighted by molar-refractivity contribution is 6.07. The van der Waals surface area contributed by atoms with Gasteiger partial charge >= 0.3 is 0 Å². The summed E-state index contributed by atoms with van der Waals surface area (Å²) in [6, 6.07) is 7.34. The number of rotatable bonds is 3. The van der Waals surface area contributed by atoms with Crippen molar-refractivity contribution in [1.29, 1.82) is 0 Å². The molecule has 2 heterocycles. The Balaban J connectivity index is 1.83. The molecule has 2 amide bonds. The maximum atomic E-state index is 12.8. The quantitative estimate of drug-likeness (QED) is 0.913. The van der Waals surface area contributed by atoms with Crippen LogP contribution >= 0.6 is 0 Å². The first-order chi connectivity index (χ1) is 11.1. The van der Waals surface area contributed by atoms with Gasteiger partial charge in [-0.15, -0.1) is 0 Å². The number of amides is 2. The van der Waals surface area contributed by atoms with Crippen LogP contribution in [0.2, 0.25) is 0 Å². The SMILES string of the molecule is CC(C)C1Nc2ccccc2N(CC(=O)N2CCOCC2)C1=O. The van der Waals surface area contributed by atoms with Gasteiger partial charge in [0.1, 0.15) is 12.6 Å². The summed E-state index contributed by atoms with van der Waals surface area (Å²) in [7, 11) is 0. The second kappa shape index (κ2) is 6.58. The van der Waals surface area contributed by atoms with Gasteiger partial charge in [0.2, 0.25) is 11.8 Å². The van der Waals surface area contributed by atoms with Crippen LogP contribution < -0.4 is 10.2 Å². The van der Waals surface area contributed by atoms with E-state index in [0.29, 0.717) is 26.3 Å². The second-order valence-corrected chi connectivity index (χ2v) is 6.30. The van der Waals surface area contributed by atoms with Gasteiger partial charge in [-0.05, 0) is 18.1 Å². The Hall–Kier alpha value is -2.08. The smallest absolute Gasteiger partial charge is 0.250 e. The Labute approximate surface area is 136 Å². The lowest BCUT2D eigenvalue weighted by Crippen LogP contribution is -2.54. The number of hydrogen-bond acceptors (Lipinski definition) is 4. The maximum Gasteiger partial charge on any atom is 0.250 e. The average molecular weight is 317 g/mol. The molecule has 6 nitrogen and oxygen atoms in total. The van der Waals surface area contributed by atoms with E-state index in [-0.39, 0.29) is 30.3 Å². The first-order valence-electron chi connectivity index (χ1n) is 8.10. The maximum absolute atomic E-state index is 12.8. The number of anilines is 2. The third-order valence-electron chi connectivity index (χ3n) is 4.36. The summed E-state index contributed by atoms with van der Waals surface area (Å²) in [5.41, 5.74) is 1.68. The number of carbonyl (C=O) groups is 2. The first-order valence-corrected chi connectivity index (χ1v) is 8.10. The minimum Gasteiger partial charge on any atom is -0.378 e. The third kappa shape index (κ3) is 3.17. The van der Waals surface area contributed by atoms with E-state index in [1.165, 1.54) is 0 Å². The Bertz CT molecular complexity index is 597. The normalized spacial score (nSPS) is 21.2. The number of nitrogens with one attached hydrogen (secondary N) is 1. The minimum absolute atomic E-state index is 0.0270. The van der Waals surface area contributed by atoms with Crippen LogP contribution in [0.5, 0.6) is 0 Å². The van der Waals surface area contributed by atoms with Crippen LogP contribution in [0.1, 0.15) is 13.8 Å². The zero-order chi connectivity index (χ0) is 16.4. The van der Waals surface area contributed by atoms with E-state index in [2.05, 4.69) is 5.32 Å². The van der Waals surface area contributed by atoms with Crippen LogP contribution in [0, 0.1) is 5.92 Å². The Kier molecular flexibility index (Phi) is 4.52. The molecule has 1 saturated heterocycles. The lowest BCUT2D eigenvalue weighted by atomic mass is 9.99. The first kappa shape index (κ1) is 15.8. The van der Waals surface area contributed by atoms with Crippen molar-refractivity contribution in [3.63, 3.8) is 0 Å². The molecule has 1 unspecified atom stereocenters. The molecule has 0 saturated carbocycles. The molecule has 3 rings (SSSR count). The molecule has 0 aromatic heterocycles. The number of morpholine rings is 1. The largest absolute Gasteiger partial charge is 0.378 e. The highest BCUT2D eigenvalue weighted by Crippen LogP contribution is 2.32.